The number of hydrogen-bond donors (Lipinski definition) is 2. The van der Waals surface area contributed by atoms with Gasteiger partial charge in [-0.15, -0.1) is 0 Å². The highest BCUT2D eigenvalue weighted by atomic mass is 35.5. The van der Waals surface area contributed by atoms with Crippen LogP contribution in [0.5, 0.6) is 5.75 Å². The van der Waals surface area contributed by atoms with Gasteiger partial charge in [-0.25, -0.2) is 0 Å². The number of halogens is 1. The fraction of sp³-hybridized carbons (Fsp3) is 0.455. The molecule has 0 saturated carbocycles. The molecule has 1 atom stereocenters. The highest BCUT2D eigenvalue weighted by Gasteiger charge is 2.09. The van der Waals surface area contributed by atoms with E-state index in [-0.39, 0.29) is 6.61 Å². The number of benzene rings is 1. The molecular formula is C11H15ClO3. The van der Waals surface area contributed by atoms with Gasteiger partial charge in [0.2, 0.25) is 0 Å². The van der Waals surface area contributed by atoms with Crippen LogP contribution in [-0.2, 0) is 0 Å². The van der Waals surface area contributed by atoms with Gasteiger partial charge in [0.05, 0.1) is 17.7 Å². The second-order valence-corrected chi connectivity index (χ2v) is 3.56. The number of hydrogen-bond acceptors (Lipinski definition) is 3. The van der Waals surface area contributed by atoms with Crippen LogP contribution in [0.4, 0.5) is 0 Å². The predicted molar refractivity (Wildman–Crippen MR) is 59.3 cm³/mol. The molecule has 0 bridgehead atoms. The van der Waals surface area contributed by atoms with Crippen LogP contribution in [0.25, 0.3) is 0 Å². The number of aliphatic hydroxyl groups is 2. The van der Waals surface area contributed by atoms with Crippen LogP contribution < -0.4 is 4.74 Å². The third-order valence-electron chi connectivity index (χ3n) is 2.04. The van der Waals surface area contributed by atoms with Gasteiger partial charge < -0.3 is 14.9 Å². The Kier molecular flexibility index (Phi) is 4.88. The quantitative estimate of drug-likeness (QED) is 0.815. The summed E-state index contributed by atoms with van der Waals surface area (Å²) in [5, 5.41) is 18.8. The number of aliphatic hydroxyl groups excluding tert-OH is 2. The summed E-state index contributed by atoms with van der Waals surface area (Å²) in [5.41, 5.74) is 0.692. The zero-order chi connectivity index (χ0) is 11.3. The van der Waals surface area contributed by atoms with Gasteiger partial charge in [0.25, 0.3) is 0 Å². The van der Waals surface area contributed by atoms with E-state index in [1.807, 2.05) is 6.92 Å². The lowest BCUT2D eigenvalue weighted by Crippen LogP contribution is -2.01. The second-order valence-electron chi connectivity index (χ2n) is 3.15. The van der Waals surface area contributed by atoms with Crippen molar-refractivity contribution < 1.29 is 14.9 Å². The summed E-state index contributed by atoms with van der Waals surface area (Å²) in [6.45, 7) is 2.38. The first-order chi connectivity index (χ1) is 7.19. The van der Waals surface area contributed by atoms with Crippen LogP contribution in [0.2, 0.25) is 5.02 Å². The van der Waals surface area contributed by atoms with Crippen molar-refractivity contribution in [1.82, 2.24) is 0 Å². The molecular weight excluding hydrogens is 216 g/mol. The molecule has 2 N–H and O–H groups in total. The zero-order valence-electron chi connectivity index (χ0n) is 8.61. The van der Waals surface area contributed by atoms with Gasteiger partial charge in [-0.2, -0.15) is 0 Å². The first-order valence-corrected chi connectivity index (χ1v) is 5.28. The molecule has 0 radical (unpaired) electrons. The van der Waals surface area contributed by atoms with E-state index in [2.05, 4.69) is 0 Å². The Bertz CT molecular complexity index is 315. The molecule has 0 aliphatic heterocycles. The van der Waals surface area contributed by atoms with Gasteiger partial charge in [-0.1, -0.05) is 17.7 Å². The molecule has 1 rings (SSSR count). The van der Waals surface area contributed by atoms with Crippen LogP contribution in [0, 0.1) is 0 Å². The van der Waals surface area contributed by atoms with Crippen molar-refractivity contribution in [2.24, 2.45) is 0 Å². The van der Waals surface area contributed by atoms with Gasteiger partial charge >= 0.3 is 0 Å². The van der Waals surface area contributed by atoms with E-state index in [4.69, 9.17) is 21.4 Å². The minimum Gasteiger partial charge on any atom is -0.492 e. The molecule has 1 aromatic carbocycles. The molecule has 0 fully saturated rings. The Balaban J connectivity index is 2.81. The topological polar surface area (TPSA) is 49.7 Å². The fourth-order valence-corrected chi connectivity index (χ4v) is 1.53. The summed E-state index contributed by atoms with van der Waals surface area (Å²) in [5.74, 6) is 0.610. The van der Waals surface area contributed by atoms with E-state index in [0.717, 1.165) is 0 Å². The molecule has 0 amide bonds. The summed E-state index contributed by atoms with van der Waals surface area (Å²) in [6.07, 6.45) is -0.368. The lowest BCUT2D eigenvalue weighted by Gasteiger charge is -2.11. The molecule has 0 saturated heterocycles. The van der Waals surface area contributed by atoms with E-state index < -0.39 is 6.10 Å². The number of rotatable bonds is 5. The van der Waals surface area contributed by atoms with Crippen molar-refractivity contribution >= 4 is 11.6 Å². The van der Waals surface area contributed by atoms with Crippen molar-refractivity contribution in [3.8, 4) is 5.75 Å². The van der Waals surface area contributed by atoms with Crippen molar-refractivity contribution in [2.45, 2.75) is 19.4 Å². The molecule has 4 heteroatoms. The Hall–Kier alpha value is -0.770. The van der Waals surface area contributed by atoms with E-state index in [1.165, 1.54) is 0 Å². The minimum absolute atomic E-state index is 0.0496. The molecule has 84 valence electrons. The van der Waals surface area contributed by atoms with Gasteiger partial charge in [0, 0.05) is 13.0 Å². The standard InChI is InChI=1S/C11H15ClO3/c1-2-15-11-4-3-8(7-9(11)12)10(14)5-6-13/h3-4,7,10,13-14H,2,5-6H2,1H3. The maximum absolute atomic E-state index is 9.61. The molecule has 0 aliphatic carbocycles. The molecule has 0 heterocycles. The van der Waals surface area contributed by atoms with Crippen LogP contribution in [0.3, 0.4) is 0 Å². The van der Waals surface area contributed by atoms with E-state index >= 15 is 0 Å². The molecule has 15 heavy (non-hydrogen) atoms. The van der Waals surface area contributed by atoms with Crippen LogP contribution in [-0.4, -0.2) is 23.4 Å². The molecule has 3 nitrogen and oxygen atoms in total. The third-order valence-corrected chi connectivity index (χ3v) is 2.34. The smallest absolute Gasteiger partial charge is 0.137 e. The average molecular weight is 231 g/mol. The summed E-state index contributed by atoms with van der Waals surface area (Å²) in [6, 6.07) is 5.13. The maximum atomic E-state index is 9.61. The Morgan fingerprint density at radius 2 is 2.20 bits per heavy atom. The summed E-state index contributed by atoms with van der Waals surface area (Å²) >= 11 is 5.95. The monoisotopic (exact) mass is 230 g/mol. The summed E-state index contributed by atoms with van der Waals surface area (Å²) in [7, 11) is 0. The van der Waals surface area contributed by atoms with Crippen molar-refractivity contribution in [3.05, 3.63) is 28.8 Å². The summed E-state index contributed by atoms with van der Waals surface area (Å²) < 4.78 is 5.27. The molecule has 1 unspecified atom stereocenters. The van der Waals surface area contributed by atoms with Crippen LogP contribution >= 0.6 is 11.6 Å². The lowest BCUT2D eigenvalue weighted by atomic mass is 10.1. The lowest BCUT2D eigenvalue weighted by molar-refractivity contribution is 0.134. The van der Waals surface area contributed by atoms with Gasteiger partial charge in [0.1, 0.15) is 5.75 Å². The van der Waals surface area contributed by atoms with E-state index in [9.17, 15) is 5.11 Å². The Morgan fingerprint density at radius 1 is 1.47 bits per heavy atom. The zero-order valence-corrected chi connectivity index (χ0v) is 9.37. The molecule has 0 aromatic heterocycles. The third kappa shape index (κ3) is 3.38. The van der Waals surface area contributed by atoms with Crippen LogP contribution in [0.1, 0.15) is 25.0 Å². The number of ether oxygens (including phenoxy) is 1. The maximum Gasteiger partial charge on any atom is 0.137 e. The normalized spacial score (nSPS) is 12.5. The SMILES string of the molecule is CCOc1ccc(C(O)CCO)cc1Cl. The van der Waals surface area contributed by atoms with Gasteiger partial charge in [0.15, 0.2) is 0 Å². The first-order valence-electron chi connectivity index (χ1n) is 4.90. The van der Waals surface area contributed by atoms with E-state index in [1.54, 1.807) is 18.2 Å². The molecule has 1 aromatic rings. The second kappa shape index (κ2) is 5.95. The largest absolute Gasteiger partial charge is 0.492 e. The summed E-state index contributed by atoms with van der Waals surface area (Å²) in [4.78, 5) is 0. The van der Waals surface area contributed by atoms with Gasteiger partial charge in [-0.05, 0) is 24.6 Å². The van der Waals surface area contributed by atoms with Crippen molar-refractivity contribution in [2.75, 3.05) is 13.2 Å². The van der Waals surface area contributed by atoms with Crippen LogP contribution in [0.15, 0.2) is 18.2 Å². The van der Waals surface area contributed by atoms with Gasteiger partial charge in [-0.3, -0.25) is 0 Å². The van der Waals surface area contributed by atoms with Crippen molar-refractivity contribution in [3.63, 3.8) is 0 Å². The first kappa shape index (κ1) is 12.3. The molecule has 0 spiro atoms. The highest BCUT2D eigenvalue weighted by molar-refractivity contribution is 6.32. The highest BCUT2D eigenvalue weighted by Crippen LogP contribution is 2.28. The Labute approximate surface area is 94.3 Å². The minimum atomic E-state index is -0.678. The fourth-order valence-electron chi connectivity index (χ4n) is 1.29. The van der Waals surface area contributed by atoms with E-state index in [0.29, 0.717) is 29.4 Å². The Morgan fingerprint density at radius 3 is 2.73 bits per heavy atom. The predicted octanol–water partition coefficient (Wildman–Crippen LogP) is 2.15. The molecule has 0 aliphatic rings. The van der Waals surface area contributed by atoms with Crippen molar-refractivity contribution in [1.29, 1.82) is 0 Å². The average Bonchev–Trinajstić information content (AvgIpc) is 2.21.